The molecule has 2 heterocycles. The van der Waals surface area contributed by atoms with Gasteiger partial charge in [-0.25, -0.2) is 5.01 Å². The van der Waals surface area contributed by atoms with E-state index in [9.17, 15) is 4.79 Å². The summed E-state index contributed by atoms with van der Waals surface area (Å²) in [6.45, 7) is 11.9. The van der Waals surface area contributed by atoms with Gasteiger partial charge in [0.2, 0.25) is 0 Å². The van der Waals surface area contributed by atoms with Crippen LogP contribution in [0.1, 0.15) is 41.6 Å². The highest BCUT2D eigenvalue weighted by Crippen LogP contribution is 2.33. The van der Waals surface area contributed by atoms with Crippen molar-refractivity contribution in [1.29, 1.82) is 0 Å². The second kappa shape index (κ2) is 9.11. The van der Waals surface area contributed by atoms with Gasteiger partial charge in [0.1, 0.15) is 0 Å². The van der Waals surface area contributed by atoms with Gasteiger partial charge in [0.05, 0.1) is 18.3 Å². The van der Waals surface area contributed by atoms with Crippen LogP contribution in [0.5, 0.6) is 0 Å². The molecule has 0 bridgehead atoms. The molecule has 2 aromatic carbocycles. The van der Waals surface area contributed by atoms with E-state index in [-0.39, 0.29) is 11.9 Å². The van der Waals surface area contributed by atoms with Crippen molar-refractivity contribution in [3.63, 3.8) is 0 Å². The maximum atomic E-state index is 13.3. The zero-order valence-corrected chi connectivity index (χ0v) is 18.3. The number of carbonyl (C=O) groups is 1. The molecule has 1 atom stereocenters. The molecule has 0 N–H and O–H groups in total. The fraction of sp³-hybridized carbons (Fsp3) is 0.440. The van der Waals surface area contributed by atoms with Gasteiger partial charge in [0, 0.05) is 38.2 Å². The van der Waals surface area contributed by atoms with Gasteiger partial charge in [0.25, 0.3) is 5.91 Å². The number of likely N-dealkylation sites (N-methyl/N-ethyl adjacent to an activating group) is 1. The average molecular weight is 405 g/mol. The van der Waals surface area contributed by atoms with Crippen molar-refractivity contribution >= 4 is 11.6 Å². The first-order valence-electron chi connectivity index (χ1n) is 11.0. The zero-order chi connectivity index (χ0) is 21.1. The van der Waals surface area contributed by atoms with Crippen LogP contribution in [0, 0.1) is 13.8 Å². The Bertz CT molecular complexity index is 916. The van der Waals surface area contributed by atoms with Crippen LogP contribution in [-0.2, 0) is 4.79 Å². The fourth-order valence-corrected chi connectivity index (χ4v) is 4.50. The molecule has 0 aromatic heterocycles. The summed E-state index contributed by atoms with van der Waals surface area (Å²) in [5, 5.41) is 6.61. The van der Waals surface area contributed by atoms with Gasteiger partial charge >= 0.3 is 0 Å². The quantitative estimate of drug-likeness (QED) is 0.764. The van der Waals surface area contributed by atoms with Gasteiger partial charge in [0.15, 0.2) is 0 Å². The summed E-state index contributed by atoms with van der Waals surface area (Å²) in [5.74, 6) is 0.0913. The molecule has 5 nitrogen and oxygen atoms in total. The number of benzene rings is 2. The number of piperazine rings is 1. The molecule has 2 aromatic rings. The first-order chi connectivity index (χ1) is 14.5. The maximum absolute atomic E-state index is 13.3. The van der Waals surface area contributed by atoms with Crippen LogP contribution in [0.3, 0.4) is 0 Å². The van der Waals surface area contributed by atoms with E-state index in [1.165, 1.54) is 11.1 Å². The summed E-state index contributed by atoms with van der Waals surface area (Å²) >= 11 is 0. The lowest BCUT2D eigenvalue weighted by Gasteiger charge is -2.34. The maximum Gasteiger partial charge on any atom is 0.257 e. The predicted molar refractivity (Wildman–Crippen MR) is 122 cm³/mol. The fourth-order valence-electron chi connectivity index (χ4n) is 4.50. The first kappa shape index (κ1) is 20.8. The lowest BCUT2D eigenvalue weighted by molar-refractivity contribution is -0.134. The minimum absolute atomic E-state index is 0.0358. The topological polar surface area (TPSA) is 39.1 Å². The van der Waals surface area contributed by atoms with E-state index in [0.717, 1.165) is 56.0 Å². The monoisotopic (exact) mass is 404 g/mol. The van der Waals surface area contributed by atoms with E-state index in [2.05, 4.69) is 60.9 Å². The van der Waals surface area contributed by atoms with E-state index in [4.69, 9.17) is 5.10 Å². The Hall–Kier alpha value is -2.50. The second-order valence-electron chi connectivity index (χ2n) is 8.44. The smallest absolute Gasteiger partial charge is 0.257 e. The minimum Gasteiger partial charge on any atom is -0.301 e. The molecule has 2 aliphatic heterocycles. The van der Waals surface area contributed by atoms with Crippen LogP contribution < -0.4 is 0 Å². The van der Waals surface area contributed by atoms with Crippen LogP contribution in [0.4, 0.5) is 0 Å². The van der Waals surface area contributed by atoms with Crippen molar-refractivity contribution in [1.82, 2.24) is 14.8 Å². The molecule has 1 amide bonds. The second-order valence-corrected chi connectivity index (χ2v) is 8.44. The third-order valence-corrected chi connectivity index (χ3v) is 6.31. The van der Waals surface area contributed by atoms with Crippen LogP contribution in [0.25, 0.3) is 0 Å². The molecule has 2 aliphatic rings. The molecular formula is C25H32N4O. The first-order valence-corrected chi connectivity index (χ1v) is 11.0. The van der Waals surface area contributed by atoms with Gasteiger partial charge in [-0.15, -0.1) is 0 Å². The highest BCUT2D eigenvalue weighted by atomic mass is 16.2. The van der Waals surface area contributed by atoms with E-state index in [1.807, 2.05) is 18.2 Å². The van der Waals surface area contributed by atoms with Crippen LogP contribution >= 0.6 is 0 Å². The number of hydrogen-bond acceptors (Lipinski definition) is 4. The summed E-state index contributed by atoms with van der Waals surface area (Å²) in [4.78, 5) is 18.0. The molecule has 158 valence electrons. The number of hydrazone groups is 1. The summed E-state index contributed by atoms with van der Waals surface area (Å²) in [5.41, 5.74) is 5.75. The largest absolute Gasteiger partial charge is 0.301 e. The molecule has 30 heavy (non-hydrogen) atoms. The Kier molecular flexibility index (Phi) is 6.30. The van der Waals surface area contributed by atoms with Crippen molar-refractivity contribution in [2.45, 2.75) is 33.2 Å². The minimum atomic E-state index is -0.0358. The average Bonchev–Trinajstić information content (AvgIpc) is 3.20. The Morgan fingerprint density at radius 1 is 1.00 bits per heavy atom. The molecule has 0 spiro atoms. The Morgan fingerprint density at radius 3 is 2.37 bits per heavy atom. The van der Waals surface area contributed by atoms with Crippen molar-refractivity contribution in [2.75, 3.05) is 39.3 Å². The van der Waals surface area contributed by atoms with Crippen molar-refractivity contribution in [3.05, 3.63) is 70.8 Å². The molecule has 0 radical (unpaired) electrons. The van der Waals surface area contributed by atoms with Crippen molar-refractivity contribution in [3.8, 4) is 0 Å². The number of aryl methyl sites for hydroxylation is 2. The highest BCUT2D eigenvalue weighted by molar-refractivity contribution is 6.04. The Morgan fingerprint density at radius 2 is 1.70 bits per heavy atom. The zero-order valence-electron chi connectivity index (χ0n) is 18.3. The van der Waals surface area contributed by atoms with Gasteiger partial charge in [-0.2, -0.15) is 5.10 Å². The third-order valence-electron chi connectivity index (χ3n) is 6.31. The van der Waals surface area contributed by atoms with Gasteiger partial charge < -0.3 is 4.90 Å². The lowest BCUT2D eigenvalue weighted by atomic mass is 9.95. The van der Waals surface area contributed by atoms with E-state index >= 15 is 0 Å². The van der Waals surface area contributed by atoms with E-state index in [0.29, 0.717) is 6.54 Å². The SMILES string of the molecule is CCN1CCN(CC(=O)N2N=C(c3ccc(C)cc3C)C[C@H]2c2ccccc2)CC1. The molecule has 0 unspecified atom stereocenters. The predicted octanol–water partition coefficient (Wildman–Crippen LogP) is 3.62. The molecular weight excluding hydrogens is 372 g/mol. The molecule has 4 rings (SSSR count). The number of amides is 1. The summed E-state index contributed by atoms with van der Waals surface area (Å²) in [6.07, 6.45) is 0.753. The van der Waals surface area contributed by atoms with Crippen LogP contribution in [0.2, 0.25) is 0 Å². The normalized spacial score (nSPS) is 20.4. The number of rotatable bonds is 5. The summed E-state index contributed by atoms with van der Waals surface area (Å²) < 4.78 is 0. The third kappa shape index (κ3) is 4.47. The summed E-state index contributed by atoms with van der Waals surface area (Å²) in [6, 6.07) is 16.7. The van der Waals surface area contributed by atoms with Gasteiger partial charge in [-0.1, -0.05) is 61.0 Å². The number of nitrogens with zero attached hydrogens (tertiary/aromatic N) is 4. The summed E-state index contributed by atoms with van der Waals surface area (Å²) in [7, 11) is 0. The van der Waals surface area contributed by atoms with Crippen LogP contribution in [0.15, 0.2) is 53.6 Å². The lowest BCUT2D eigenvalue weighted by Crippen LogP contribution is -2.49. The molecule has 1 fully saturated rings. The van der Waals surface area contributed by atoms with E-state index < -0.39 is 0 Å². The van der Waals surface area contributed by atoms with Gasteiger partial charge in [-0.05, 0) is 31.5 Å². The molecule has 0 aliphatic carbocycles. The molecule has 0 saturated carbocycles. The van der Waals surface area contributed by atoms with E-state index in [1.54, 1.807) is 5.01 Å². The Balaban J connectivity index is 1.56. The standard InChI is InChI=1S/C25H32N4O/c1-4-27-12-14-28(15-13-27)18-25(30)29-24(21-8-6-5-7-9-21)17-23(26-29)22-11-10-19(2)16-20(22)3/h5-11,16,24H,4,12-15,17-18H2,1-3H3/t24-/m0/s1. The molecule has 1 saturated heterocycles. The van der Waals surface area contributed by atoms with Crippen LogP contribution in [-0.4, -0.2) is 65.7 Å². The van der Waals surface area contributed by atoms with Crippen molar-refractivity contribution < 1.29 is 4.79 Å². The highest BCUT2D eigenvalue weighted by Gasteiger charge is 2.34. The number of hydrogen-bond donors (Lipinski definition) is 0. The number of carbonyl (C=O) groups excluding carboxylic acids is 1. The molecule has 5 heteroatoms. The Labute approximate surface area is 180 Å². The van der Waals surface area contributed by atoms with Gasteiger partial charge in [-0.3, -0.25) is 9.69 Å². The van der Waals surface area contributed by atoms with Crippen molar-refractivity contribution in [2.24, 2.45) is 5.10 Å².